The van der Waals surface area contributed by atoms with Crippen molar-refractivity contribution in [2.75, 3.05) is 0 Å². The number of rotatable bonds is 3. The van der Waals surface area contributed by atoms with Crippen molar-refractivity contribution in [3.8, 4) is 0 Å². The number of hydrogen-bond acceptors (Lipinski definition) is 0. The third-order valence-electron chi connectivity index (χ3n) is 1.48. The van der Waals surface area contributed by atoms with Gasteiger partial charge in [-0.05, 0) is 18.3 Å². The van der Waals surface area contributed by atoms with E-state index in [1.807, 2.05) is 6.08 Å². The van der Waals surface area contributed by atoms with E-state index >= 15 is 0 Å². The lowest BCUT2D eigenvalue weighted by molar-refractivity contribution is 0.379. The van der Waals surface area contributed by atoms with Crippen LogP contribution in [-0.4, -0.2) is 0 Å². The molecule has 0 saturated heterocycles. The molecule has 0 aliphatic rings. The van der Waals surface area contributed by atoms with Crippen LogP contribution in [0, 0.1) is 5.41 Å². The summed E-state index contributed by atoms with van der Waals surface area (Å²) < 4.78 is 0. The summed E-state index contributed by atoms with van der Waals surface area (Å²) >= 11 is 0. The molecule has 0 aromatic carbocycles. The third-order valence-corrected chi connectivity index (χ3v) is 1.48. The first-order chi connectivity index (χ1) is 4.45. The summed E-state index contributed by atoms with van der Waals surface area (Å²) in [5.74, 6) is 0. The first-order valence-corrected chi connectivity index (χ1v) is 3.76. The highest BCUT2D eigenvalue weighted by Crippen LogP contribution is 2.22. The van der Waals surface area contributed by atoms with Crippen LogP contribution in [0.15, 0.2) is 24.8 Å². The maximum atomic E-state index is 3.86. The van der Waals surface area contributed by atoms with Crippen LogP contribution in [-0.2, 0) is 0 Å². The Labute approximate surface area is 64.6 Å². The highest BCUT2D eigenvalue weighted by atomic mass is 14.1. The standard InChI is InChI=1S/C10H18/c1-6-9(2)7-8-10(3,4)5/h6H,1-2,7-8H2,3-5H3. The fraction of sp³-hybridized carbons (Fsp3) is 0.600. The largest absolute Gasteiger partial charge is 0.0988 e. The Hall–Kier alpha value is -0.520. The van der Waals surface area contributed by atoms with Gasteiger partial charge in [0.1, 0.15) is 0 Å². The summed E-state index contributed by atoms with van der Waals surface area (Å²) in [5.41, 5.74) is 1.57. The number of hydrogen-bond donors (Lipinski definition) is 0. The topological polar surface area (TPSA) is 0 Å². The van der Waals surface area contributed by atoms with Crippen molar-refractivity contribution in [2.45, 2.75) is 33.6 Å². The van der Waals surface area contributed by atoms with Crippen LogP contribution in [0.4, 0.5) is 0 Å². The maximum Gasteiger partial charge on any atom is -0.0280 e. The van der Waals surface area contributed by atoms with Crippen molar-refractivity contribution in [2.24, 2.45) is 5.41 Å². The Morgan fingerprint density at radius 3 is 2.20 bits per heavy atom. The van der Waals surface area contributed by atoms with E-state index in [1.54, 1.807) is 0 Å². The van der Waals surface area contributed by atoms with Crippen LogP contribution in [0.5, 0.6) is 0 Å². The lowest BCUT2D eigenvalue weighted by atomic mass is 9.89. The summed E-state index contributed by atoms with van der Waals surface area (Å²) in [6.45, 7) is 14.2. The molecule has 0 aliphatic carbocycles. The van der Waals surface area contributed by atoms with Gasteiger partial charge in [-0.3, -0.25) is 0 Å². The normalized spacial score (nSPS) is 11.1. The zero-order valence-electron chi connectivity index (χ0n) is 7.41. The van der Waals surface area contributed by atoms with Gasteiger partial charge in [-0.1, -0.05) is 45.6 Å². The minimum atomic E-state index is 0.423. The Morgan fingerprint density at radius 1 is 1.40 bits per heavy atom. The van der Waals surface area contributed by atoms with Gasteiger partial charge in [0.15, 0.2) is 0 Å². The summed E-state index contributed by atoms with van der Waals surface area (Å²) in [4.78, 5) is 0. The van der Waals surface area contributed by atoms with Gasteiger partial charge in [-0.25, -0.2) is 0 Å². The monoisotopic (exact) mass is 138 g/mol. The predicted molar refractivity (Wildman–Crippen MR) is 48.0 cm³/mol. The van der Waals surface area contributed by atoms with E-state index in [4.69, 9.17) is 0 Å². The molecule has 10 heavy (non-hydrogen) atoms. The van der Waals surface area contributed by atoms with E-state index in [1.165, 1.54) is 6.42 Å². The SMILES string of the molecule is C=CC(=C)CCC(C)(C)C. The molecule has 0 spiro atoms. The second-order valence-corrected chi connectivity index (χ2v) is 3.92. The van der Waals surface area contributed by atoms with Gasteiger partial charge in [0.25, 0.3) is 0 Å². The van der Waals surface area contributed by atoms with Gasteiger partial charge in [0, 0.05) is 0 Å². The first kappa shape index (κ1) is 9.48. The average molecular weight is 138 g/mol. The van der Waals surface area contributed by atoms with Crippen LogP contribution < -0.4 is 0 Å². The van der Waals surface area contributed by atoms with Crippen molar-refractivity contribution in [3.63, 3.8) is 0 Å². The molecule has 0 saturated carbocycles. The molecule has 0 unspecified atom stereocenters. The zero-order chi connectivity index (χ0) is 8.20. The molecule has 0 heterocycles. The van der Waals surface area contributed by atoms with Gasteiger partial charge in [0.05, 0.1) is 0 Å². The Bertz CT molecular complexity index is 123. The van der Waals surface area contributed by atoms with E-state index in [9.17, 15) is 0 Å². The molecular formula is C10H18. The van der Waals surface area contributed by atoms with Gasteiger partial charge in [0.2, 0.25) is 0 Å². The molecule has 0 fully saturated rings. The molecule has 0 bridgehead atoms. The highest BCUT2D eigenvalue weighted by Gasteiger charge is 2.08. The quantitative estimate of drug-likeness (QED) is 0.523. The van der Waals surface area contributed by atoms with E-state index in [-0.39, 0.29) is 0 Å². The molecule has 0 N–H and O–H groups in total. The lowest BCUT2D eigenvalue weighted by Gasteiger charge is -2.17. The molecule has 0 atom stereocenters. The fourth-order valence-electron chi connectivity index (χ4n) is 0.638. The second kappa shape index (κ2) is 3.60. The van der Waals surface area contributed by atoms with Crippen molar-refractivity contribution >= 4 is 0 Å². The van der Waals surface area contributed by atoms with Crippen molar-refractivity contribution in [3.05, 3.63) is 24.8 Å². The molecule has 0 aromatic heterocycles. The van der Waals surface area contributed by atoms with Crippen molar-refractivity contribution in [1.82, 2.24) is 0 Å². The second-order valence-electron chi connectivity index (χ2n) is 3.92. The first-order valence-electron chi connectivity index (χ1n) is 3.76. The van der Waals surface area contributed by atoms with E-state index in [0.717, 1.165) is 12.0 Å². The minimum absolute atomic E-state index is 0.423. The minimum Gasteiger partial charge on any atom is -0.0988 e. The summed E-state index contributed by atoms with van der Waals surface area (Å²) in [7, 11) is 0. The smallest absolute Gasteiger partial charge is 0.0280 e. The average Bonchev–Trinajstić information content (AvgIpc) is 1.81. The molecule has 0 amide bonds. The molecule has 0 radical (unpaired) electrons. The molecule has 0 nitrogen and oxygen atoms in total. The molecule has 0 rings (SSSR count). The molecule has 0 aromatic rings. The van der Waals surface area contributed by atoms with E-state index < -0.39 is 0 Å². The molecule has 58 valence electrons. The Morgan fingerprint density at radius 2 is 1.90 bits per heavy atom. The Kier molecular flexibility index (Phi) is 3.41. The zero-order valence-corrected chi connectivity index (χ0v) is 7.41. The lowest BCUT2D eigenvalue weighted by Crippen LogP contribution is -2.04. The van der Waals surface area contributed by atoms with Crippen LogP contribution >= 0.6 is 0 Å². The van der Waals surface area contributed by atoms with Crippen LogP contribution in [0.25, 0.3) is 0 Å². The van der Waals surface area contributed by atoms with Gasteiger partial charge >= 0.3 is 0 Å². The molecule has 0 aliphatic heterocycles. The Balaban J connectivity index is 3.55. The third kappa shape index (κ3) is 5.61. The molecular weight excluding hydrogens is 120 g/mol. The predicted octanol–water partition coefficient (Wildman–Crippen LogP) is 3.55. The fourth-order valence-corrected chi connectivity index (χ4v) is 0.638. The van der Waals surface area contributed by atoms with Crippen molar-refractivity contribution in [1.29, 1.82) is 0 Å². The van der Waals surface area contributed by atoms with Crippen LogP contribution in [0.1, 0.15) is 33.6 Å². The highest BCUT2D eigenvalue weighted by molar-refractivity contribution is 5.10. The van der Waals surface area contributed by atoms with Crippen LogP contribution in [0.3, 0.4) is 0 Å². The van der Waals surface area contributed by atoms with Gasteiger partial charge in [-0.15, -0.1) is 0 Å². The van der Waals surface area contributed by atoms with E-state index in [2.05, 4.69) is 33.9 Å². The maximum absolute atomic E-state index is 3.86. The van der Waals surface area contributed by atoms with Crippen LogP contribution in [0.2, 0.25) is 0 Å². The summed E-state index contributed by atoms with van der Waals surface area (Å²) in [6, 6.07) is 0. The molecule has 0 heteroatoms. The van der Waals surface area contributed by atoms with Gasteiger partial charge in [-0.2, -0.15) is 0 Å². The number of allylic oxidation sites excluding steroid dienone is 2. The summed E-state index contributed by atoms with van der Waals surface area (Å²) in [5, 5.41) is 0. The summed E-state index contributed by atoms with van der Waals surface area (Å²) in [6.07, 6.45) is 4.11. The van der Waals surface area contributed by atoms with E-state index in [0.29, 0.717) is 5.41 Å². The van der Waals surface area contributed by atoms with Crippen molar-refractivity contribution < 1.29 is 0 Å². The van der Waals surface area contributed by atoms with Gasteiger partial charge < -0.3 is 0 Å².